The zero-order chi connectivity index (χ0) is 15.9. The van der Waals surface area contributed by atoms with E-state index in [4.69, 9.17) is 0 Å². The summed E-state index contributed by atoms with van der Waals surface area (Å²) in [6.45, 7) is 0.488. The fourth-order valence-corrected chi connectivity index (χ4v) is 2.01. The molecule has 0 saturated carbocycles. The third-order valence-electron chi connectivity index (χ3n) is 3.06. The first-order chi connectivity index (χ1) is 11.3. The van der Waals surface area contributed by atoms with E-state index in [0.717, 1.165) is 5.69 Å². The van der Waals surface area contributed by atoms with Crippen molar-refractivity contribution in [2.75, 3.05) is 11.9 Å². The molecule has 0 unspecified atom stereocenters. The molecular weight excluding hydrogens is 294 g/mol. The molecular formula is C15H15N7O. The normalized spacial score (nSPS) is 10.3. The van der Waals surface area contributed by atoms with Gasteiger partial charge in [-0.1, -0.05) is 6.07 Å². The molecule has 0 aliphatic heterocycles. The highest BCUT2D eigenvalue weighted by molar-refractivity contribution is 5.90. The van der Waals surface area contributed by atoms with Crippen LogP contribution in [0.15, 0.2) is 55.4 Å². The Bertz CT molecular complexity index is 759. The van der Waals surface area contributed by atoms with Crippen LogP contribution < -0.4 is 10.6 Å². The van der Waals surface area contributed by atoms with Crippen LogP contribution in [0, 0.1) is 0 Å². The molecule has 8 heteroatoms. The van der Waals surface area contributed by atoms with Crippen molar-refractivity contribution in [3.63, 3.8) is 0 Å². The molecule has 116 valence electrons. The molecule has 8 nitrogen and oxygen atoms in total. The molecule has 3 rings (SSSR count). The zero-order valence-corrected chi connectivity index (χ0v) is 12.3. The summed E-state index contributed by atoms with van der Waals surface area (Å²) in [5, 5.41) is 9.57. The molecule has 0 fully saturated rings. The van der Waals surface area contributed by atoms with Gasteiger partial charge in [0.05, 0.1) is 5.69 Å². The summed E-state index contributed by atoms with van der Waals surface area (Å²) in [4.78, 5) is 24.3. The summed E-state index contributed by atoms with van der Waals surface area (Å²) in [5.74, 6) is 0.505. The van der Waals surface area contributed by atoms with E-state index in [1.165, 1.54) is 17.3 Å². The smallest absolute Gasteiger partial charge is 0.319 e. The van der Waals surface area contributed by atoms with Crippen LogP contribution in [-0.2, 0) is 6.42 Å². The van der Waals surface area contributed by atoms with Crippen molar-refractivity contribution in [1.82, 2.24) is 30.0 Å². The molecule has 0 saturated heterocycles. The molecule has 0 aliphatic rings. The van der Waals surface area contributed by atoms with Crippen molar-refractivity contribution in [2.45, 2.75) is 6.42 Å². The van der Waals surface area contributed by atoms with Crippen LogP contribution in [0.5, 0.6) is 0 Å². The minimum Gasteiger partial charge on any atom is -0.337 e. The molecule has 2 amide bonds. The summed E-state index contributed by atoms with van der Waals surface area (Å²) in [6, 6.07) is 8.88. The van der Waals surface area contributed by atoms with E-state index < -0.39 is 0 Å². The number of anilines is 1. The van der Waals surface area contributed by atoms with E-state index in [9.17, 15) is 4.79 Å². The van der Waals surface area contributed by atoms with E-state index in [0.29, 0.717) is 24.5 Å². The quantitative estimate of drug-likeness (QED) is 0.743. The number of hydrogen-bond acceptors (Lipinski definition) is 5. The SMILES string of the molecule is O=C(NCCc1ccccn1)Nc1cccnc1-n1cncn1. The maximum absolute atomic E-state index is 12.0. The van der Waals surface area contributed by atoms with Gasteiger partial charge >= 0.3 is 6.03 Å². The third-order valence-corrected chi connectivity index (χ3v) is 3.06. The lowest BCUT2D eigenvalue weighted by Crippen LogP contribution is -2.31. The minimum atomic E-state index is -0.310. The van der Waals surface area contributed by atoms with Gasteiger partial charge in [0.2, 0.25) is 0 Å². The molecule has 3 aromatic heterocycles. The minimum absolute atomic E-state index is 0.310. The van der Waals surface area contributed by atoms with Gasteiger partial charge in [-0.3, -0.25) is 4.98 Å². The molecule has 0 bridgehead atoms. The number of urea groups is 1. The average Bonchev–Trinajstić information content (AvgIpc) is 3.11. The second-order valence-electron chi connectivity index (χ2n) is 4.67. The Morgan fingerprint density at radius 3 is 2.83 bits per heavy atom. The van der Waals surface area contributed by atoms with Crippen LogP contribution >= 0.6 is 0 Å². The Morgan fingerprint density at radius 1 is 1.13 bits per heavy atom. The van der Waals surface area contributed by atoms with Crippen molar-refractivity contribution in [3.8, 4) is 5.82 Å². The summed E-state index contributed by atoms with van der Waals surface area (Å²) in [5.41, 5.74) is 1.48. The van der Waals surface area contributed by atoms with E-state index in [1.807, 2.05) is 18.2 Å². The van der Waals surface area contributed by atoms with Crippen LogP contribution in [0.2, 0.25) is 0 Å². The van der Waals surface area contributed by atoms with Crippen LogP contribution in [-0.4, -0.2) is 37.3 Å². The first-order valence-electron chi connectivity index (χ1n) is 7.08. The fourth-order valence-electron chi connectivity index (χ4n) is 2.01. The second kappa shape index (κ2) is 7.12. The molecule has 0 aromatic carbocycles. The lowest BCUT2D eigenvalue weighted by Gasteiger charge is -2.10. The Balaban J connectivity index is 1.58. The monoisotopic (exact) mass is 309 g/mol. The van der Waals surface area contributed by atoms with Gasteiger partial charge in [-0.05, 0) is 24.3 Å². The molecule has 3 aromatic rings. The molecule has 0 radical (unpaired) electrons. The number of amides is 2. The van der Waals surface area contributed by atoms with Crippen molar-refractivity contribution < 1.29 is 4.79 Å². The maximum Gasteiger partial charge on any atom is 0.319 e. The van der Waals surface area contributed by atoms with Gasteiger partial charge in [-0.15, -0.1) is 0 Å². The molecule has 0 spiro atoms. The number of carbonyl (C=O) groups is 1. The zero-order valence-electron chi connectivity index (χ0n) is 12.3. The lowest BCUT2D eigenvalue weighted by molar-refractivity contribution is 0.252. The predicted octanol–water partition coefficient (Wildman–Crippen LogP) is 1.42. The first-order valence-corrected chi connectivity index (χ1v) is 7.08. The summed E-state index contributed by atoms with van der Waals surface area (Å²) in [7, 11) is 0. The van der Waals surface area contributed by atoms with Crippen molar-refractivity contribution >= 4 is 11.7 Å². The topological polar surface area (TPSA) is 97.6 Å². The lowest BCUT2D eigenvalue weighted by atomic mass is 10.3. The van der Waals surface area contributed by atoms with Gasteiger partial charge in [0.25, 0.3) is 0 Å². The van der Waals surface area contributed by atoms with E-state index in [2.05, 4.69) is 30.7 Å². The summed E-state index contributed by atoms with van der Waals surface area (Å²) in [6.07, 6.45) is 6.95. The molecule has 23 heavy (non-hydrogen) atoms. The van der Waals surface area contributed by atoms with Crippen molar-refractivity contribution in [3.05, 3.63) is 61.1 Å². The second-order valence-corrected chi connectivity index (χ2v) is 4.67. The van der Waals surface area contributed by atoms with Crippen LogP contribution in [0.3, 0.4) is 0 Å². The Labute approximate surface area is 132 Å². The van der Waals surface area contributed by atoms with Crippen LogP contribution in [0.1, 0.15) is 5.69 Å². The van der Waals surface area contributed by atoms with E-state index >= 15 is 0 Å². The van der Waals surface area contributed by atoms with Gasteiger partial charge in [0.15, 0.2) is 5.82 Å². The van der Waals surface area contributed by atoms with Crippen LogP contribution in [0.25, 0.3) is 5.82 Å². The predicted molar refractivity (Wildman–Crippen MR) is 84.1 cm³/mol. The molecule has 2 N–H and O–H groups in total. The summed E-state index contributed by atoms with van der Waals surface area (Å²) >= 11 is 0. The van der Waals surface area contributed by atoms with Gasteiger partial charge in [0.1, 0.15) is 12.7 Å². The van der Waals surface area contributed by atoms with Gasteiger partial charge < -0.3 is 10.6 Å². The van der Waals surface area contributed by atoms with Crippen molar-refractivity contribution in [1.29, 1.82) is 0 Å². The number of hydrogen-bond donors (Lipinski definition) is 2. The molecule has 3 heterocycles. The number of pyridine rings is 2. The van der Waals surface area contributed by atoms with Gasteiger partial charge in [-0.25, -0.2) is 19.4 Å². The number of aromatic nitrogens is 5. The fraction of sp³-hybridized carbons (Fsp3) is 0.133. The highest BCUT2D eigenvalue weighted by atomic mass is 16.2. The highest BCUT2D eigenvalue weighted by Gasteiger charge is 2.09. The molecule has 0 aliphatic carbocycles. The Kier molecular flexibility index (Phi) is 4.53. The molecule has 0 atom stereocenters. The third kappa shape index (κ3) is 3.88. The van der Waals surface area contributed by atoms with Gasteiger partial charge in [-0.2, -0.15) is 5.10 Å². The number of nitrogens with one attached hydrogen (secondary N) is 2. The Hall–Kier alpha value is -3.29. The number of carbonyl (C=O) groups excluding carboxylic acids is 1. The average molecular weight is 309 g/mol. The standard InChI is InChI=1S/C15H15N7O/c23-15(19-9-6-12-4-1-2-7-17-12)21-13-5-3-8-18-14(13)22-11-16-10-20-22/h1-5,7-8,10-11H,6,9H2,(H2,19,21,23). The number of rotatable bonds is 5. The maximum atomic E-state index is 12.0. The van der Waals surface area contributed by atoms with Crippen LogP contribution in [0.4, 0.5) is 10.5 Å². The van der Waals surface area contributed by atoms with Crippen molar-refractivity contribution in [2.24, 2.45) is 0 Å². The number of nitrogens with zero attached hydrogens (tertiary/aromatic N) is 5. The van der Waals surface area contributed by atoms with Gasteiger partial charge in [0, 0.05) is 31.1 Å². The van der Waals surface area contributed by atoms with E-state index in [1.54, 1.807) is 24.5 Å². The highest BCUT2D eigenvalue weighted by Crippen LogP contribution is 2.15. The largest absolute Gasteiger partial charge is 0.337 e. The first kappa shape index (κ1) is 14.6. The van der Waals surface area contributed by atoms with E-state index in [-0.39, 0.29) is 6.03 Å². The summed E-state index contributed by atoms with van der Waals surface area (Å²) < 4.78 is 1.49. The Morgan fingerprint density at radius 2 is 2.04 bits per heavy atom.